The van der Waals surface area contributed by atoms with Crippen LogP contribution in [-0.4, -0.2) is 128 Å². The van der Waals surface area contributed by atoms with Crippen molar-refractivity contribution in [1.29, 1.82) is 0 Å². The molecule has 0 aromatic heterocycles. The minimum Gasteiger partial charge on any atom is -0.382 e. The number of unbranched alkanes of at least 4 members (excludes halogenated alkanes) is 3. The van der Waals surface area contributed by atoms with Crippen molar-refractivity contribution in [3.05, 3.63) is 0 Å². The first-order valence-corrected chi connectivity index (χ1v) is 15.2. The molecule has 1 rings (SSSR count). The number of hydroxylamine groups is 2. The fourth-order valence-corrected chi connectivity index (χ4v) is 4.83. The molecule has 2 N–H and O–H groups in total. The Morgan fingerprint density at radius 1 is 0.634 bits per heavy atom. The Bertz CT molecular complexity index is 623. The molecule has 1 radical (unpaired) electrons. The second-order valence-corrected chi connectivity index (χ2v) is 11.5. The molecule has 12 nitrogen and oxygen atoms in total. The second-order valence-electron chi connectivity index (χ2n) is 11.5. The minimum absolute atomic E-state index is 0.00202. The van der Waals surface area contributed by atoms with Crippen molar-refractivity contribution in [3.8, 4) is 0 Å². The van der Waals surface area contributed by atoms with Crippen molar-refractivity contribution < 1.29 is 43.2 Å². The number of piperidine rings is 1. The first-order valence-electron chi connectivity index (χ1n) is 15.2. The molecule has 0 atom stereocenters. The zero-order chi connectivity index (χ0) is 30.2. The SMILES string of the molecule is COCCOCCOCCOCCOCCOCCOCCCCCCNC(=O)NC1CC(C)(C)N([O])C(C)(C)C1. The summed E-state index contributed by atoms with van der Waals surface area (Å²) in [4.78, 5) is 12.3. The van der Waals surface area contributed by atoms with Gasteiger partial charge in [0.2, 0.25) is 0 Å². The first-order chi connectivity index (χ1) is 19.7. The van der Waals surface area contributed by atoms with Gasteiger partial charge >= 0.3 is 6.03 Å². The van der Waals surface area contributed by atoms with Gasteiger partial charge < -0.3 is 43.8 Å². The Hall–Kier alpha value is -1.09. The molecule has 0 aromatic carbocycles. The summed E-state index contributed by atoms with van der Waals surface area (Å²) in [5.41, 5.74) is -0.980. The van der Waals surface area contributed by atoms with Crippen molar-refractivity contribution in [2.24, 2.45) is 0 Å². The van der Waals surface area contributed by atoms with Crippen LogP contribution < -0.4 is 10.6 Å². The molecule has 1 aliphatic heterocycles. The third kappa shape index (κ3) is 19.7. The van der Waals surface area contributed by atoms with Crippen molar-refractivity contribution in [2.45, 2.75) is 83.3 Å². The number of hydrogen-bond donors (Lipinski definition) is 2. The Kier molecular flexibility index (Phi) is 21.6. The molecule has 0 bridgehead atoms. The predicted octanol–water partition coefficient (Wildman–Crippen LogP) is 2.96. The largest absolute Gasteiger partial charge is 0.382 e. The van der Waals surface area contributed by atoms with Gasteiger partial charge in [-0.2, -0.15) is 0 Å². The van der Waals surface area contributed by atoms with Crippen LogP contribution in [0.2, 0.25) is 0 Å². The minimum atomic E-state index is -0.490. The van der Waals surface area contributed by atoms with Gasteiger partial charge in [-0.15, -0.1) is 10.3 Å². The predicted molar refractivity (Wildman–Crippen MR) is 155 cm³/mol. The molecule has 12 heteroatoms. The molecule has 0 aromatic rings. The highest BCUT2D eigenvalue weighted by Crippen LogP contribution is 2.36. The van der Waals surface area contributed by atoms with Crippen LogP contribution >= 0.6 is 0 Å². The molecule has 0 saturated carbocycles. The zero-order valence-electron chi connectivity index (χ0n) is 26.3. The molecule has 1 heterocycles. The molecule has 243 valence electrons. The van der Waals surface area contributed by atoms with Crippen LogP contribution in [0.5, 0.6) is 0 Å². The number of carbonyl (C=O) groups excluding carboxylic acids is 1. The van der Waals surface area contributed by atoms with E-state index in [0.29, 0.717) is 105 Å². The van der Waals surface area contributed by atoms with Gasteiger partial charge in [-0.3, -0.25) is 0 Å². The van der Waals surface area contributed by atoms with Crippen LogP contribution in [0.3, 0.4) is 0 Å². The van der Waals surface area contributed by atoms with Gasteiger partial charge in [0.05, 0.1) is 79.3 Å². The maximum absolute atomic E-state index is 12.5. The number of nitrogens with zero attached hydrogens (tertiary/aromatic N) is 1. The molecule has 1 fully saturated rings. The highest BCUT2D eigenvalue weighted by molar-refractivity contribution is 5.74. The van der Waals surface area contributed by atoms with E-state index < -0.39 is 11.1 Å². The lowest BCUT2D eigenvalue weighted by atomic mass is 9.79. The van der Waals surface area contributed by atoms with E-state index in [4.69, 9.17) is 33.2 Å². The maximum Gasteiger partial charge on any atom is 0.315 e. The number of rotatable bonds is 26. The fraction of sp³-hybridized carbons (Fsp3) is 0.966. The topological polar surface area (TPSA) is 129 Å². The first kappa shape index (κ1) is 37.9. The molecule has 1 aliphatic rings. The smallest absolute Gasteiger partial charge is 0.315 e. The van der Waals surface area contributed by atoms with E-state index in [1.54, 1.807) is 7.11 Å². The zero-order valence-corrected chi connectivity index (χ0v) is 26.3. The summed E-state index contributed by atoms with van der Waals surface area (Å²) in [7, 11) is 1.65. The molecule has 0 aliphatic carbocycles. The number of nitrogens with one attached hydrogen (secondary N) is 2. The Labute approximate surface area is 248 Å². The van der Waals surface area contributed by atoms with Gasteiger partial charge in [-0.1, -0.05) is 12.8 Å². The molecule has 0 unspecified atom stereocenters. The number of ether oxygens (including phenoxy) is 7. The van der Waals surface area contributed by atoms with Gasteiger partial charge in [0.25, 0.3) is 0 Å². The van der Waals surface area contributed by atoms with Gasteiger partial charge in [-0.25, -0.2) is 4.79 Å². The number of methoxy groups -OCH3 is 1. The van der Waals surface area contributed by atoms with E-state index in [1.807, 2.05) is 27.7 Å². The summed E-state index contributed by atoms with van der Waals surface area (Å²) in [6.07, 6.45) is 5.29. The van der Waals surface area contributed by atoms with Crippen LogP contribution in [0.4, 0.5) is 4.79 Å². The van der Waals surface area contributed by atoms with Crippen molar-refractivity contribution in [1.82, 2.24) is 15.7 Å². The lowest BCUT2D eigenvalue weighted by molar-refractivity contribution is -0.289. The number of urea groups is 1. The number of hydrogen-bond acceptors (Lipinski definition) is 9. The molecule has 1 saturated heterocycles. The van der Waals surface area contributed by atoms with Gasteiger partial charge in [-0.05, 0) is 53.4 Å². The quantitative estimate of drug-likeness (QED) is 0.146. The van der Waals surface area contributed by atoms with E-state index in [0.717, 1.165) is 25.7 Å². The van der Waals surface area contributed by atoms with Crippen LogP contribution in [0.25, 0.3) is 0 Å². The van der Waals surface area contributed by atoms with E-state index in [1.165, 1.54) is 5.06 Å². The van der Waals surface area contributed by atoms with Crippen molar-refractivity contribution in [3.63, 3.8) is 0 Å². The molecular formula is C29H58N3O9. The second kappa shape index (κ2) is 23.4. The molecule has 41 heavy (non-hydrogen) atoms. The summed E-state index contributed by atoms with van der Waals surface area (Å²) in [5, 5.41) is 19.6. The Balaban J connectivity index is 1.78. The van der Waals surface area contributed by atoms with E-state index >= 15 is 0 Å². The van der Waals surface area contributed by atoms with E-state index in [2.05, 4.69) is 10.6 Å². The lowest BCUT2D eigenvalue weighted by Crippen LogP contribution is -2.63. The van der Waals surface area contributed by atoms with E-state index in [-0.39, 0.29) is 12.1 Å². The normalized spacial score (nSPS) is 17.1. The third-order valence-electron chi connectivity index (χ3n) is 6.72. The average molecular weight is 593 g/mol. The monoisotopic (exact) mass is 592 g/mol. The molecule has 0 spiro atoms. The van der Waals surface area contributed by atoms with Gasteiger partial charge in [0, 0.05) is 37.4 Å². The maximum atomic E-state index is 12.5. The van der Waals surface area contributed by atoms with Crippen LogP contribution in [0.1, 0.15) is 66.2 Å². The van der Waals surface area contributed by atoms with Crippen molar-refractivity contribution in [2.75, 3.05) is 99.5 Å². The Morgan fingerprint density at radius 3 is 1.46 bits per heavy atom. The summed E-state index contributed by atoms with van der Waals surface area (Å²) in [6, 6.07) is -0.154. The van der Waals surface area contributed by atoms with Crippen LogP contribution in [-0.2, 0) is 38.4 Å². The van der Waals surface area contributed by atoms with Gasteiger partial charge in [0.1, 0.15) is 0 Å². The van der Waals surface area contributed by atoms with Crippen molar-refractivity contribution >= 4 is 6.03 Å². The standard InChI is InChI=1S/C29H58N3O9/c1-28(2)24-26(25-29(3,4)32(28)34)31-27(33)30-10-8-6-7-9-11-36-14-15-38-18-19-40-22-23-41-21-20-39-17-16-37-13-12-35-5/h26H,6-25H2,1-5H3,(H2,30,31,33). The summed E-state index contributed by atoms with van der Waals surface area (Å²) < 4.78 is 37.6. The fourth-order valence-electron chi connectivity index (χ4n) is 4.83. The van der Waals surface area contributed by atoms with Gasteiger partial charge in [0.15, 0.2) is 0 Å². The summed E-state index contributed by atoms with van der Waals surface area (Å²) in [5.74, 6) is 0. The lowest BCUT2D eigenvalue weighted by Gasteiger charge is -2.49. The number of amides is 2. The highest BCUT2D eigenvalue weighted by atomic mass is 16.6. The summed E-state index contributed by atoms with van der Waals surface area (Å²) in [6.45, 7) is 15.7. The third-order valence-corrected chi connectivity index (χ3v) is 6.72. The summed E-state index contributed by atoms with van der Waals surface area (Å²) >= 11 is 0. The molecule has 2 amide bonds. The van der Waals surface area contributed by atoms with E-state index in [9.17, 15) is 10.0 Å². The number of carbonyl (C=O) groups is 1. The Morgan fingerprint density at radius 2 is 1.02 bits per heavy atom. The highest BCUT2D eigenvalue weighted by Gasteiger charge is 2.46. The van der Waals surface area contributed by atoms with Crippen LogP contribution in [0, 0.1) is 0 Å². The average Bonchev–Trinajstić information content (AvgIpc) is 2.91. The molecular weight excluding hydrogens is 534 g/mol. The van der Waals surface area contributed by atoms with Crippen LogP contribution in [0.15, 0.2) is 0 Å².